The van der Waals surface area contributed by atoms with Crippen LogP contribution in [0.15, 0.2) is 52.1 Å². The van der Waals surface area contributed by atoms with Crippen LogP contribution in [0.25, 0.3) is 0 Å². The zero-order valence-corrected chi connectivity index (χ0v) is 17.7. The first-order valence-electron chi connectivity index (χ1n) is 9.79. The SMILES string of the molecule is CN(C)C(=O)CN=C(NCCc1ccco1)NC1CCN(c2ccc(Cl)cc2)C1. The molecule has 0 aliphatic carbocycles. The van der Waals surface area contributed by atoms with Crippen LogP contribution in [-0.4, -0.2) is 63.1 Å². The Hall–Kier alpha value is -2.67. The van der Waals surface area contributed by atoms with E-state index in [9.17, 15) is 4.79 Å². The van der Waals surface area contributed by atoms with Gasteiger partial charge in [0, 0.05) is 56.9 Å². The molecule has 1 amide bonds. The number of nitrogens with zero attached hydrogens (tertiary/aromatic N) is 3. The normalized spacial score (nSPS) is 16.7. The molecule has 1 aliphatic rings. The number of aliphatic imine (C=N–C) groups is 1. The molecule has 1 fully saturated rings. The number of likely N-dealkylation sites (N-methyl/N-ethyl adjacent to an activating group) is 1. The number of carbonyl (C=O) groups excluding carboxylic acids is 1. The highest BCUT2D eigenvalue weighted by atomic mass is 35.5. The third-order valence-corrected chi connectivity index (χ3v) is 5.09. The molecule has 0 bridgehead atoms. The minimum absolute atomic E-state index is 0.0358. The molecule has 1 atom stereocenters. The van der Waals surface area contributed by atoms with Gasteiger partial charge in [-0.2, -0.15) is 0 Å². The summed E-state index contributed by atoms with van der Waals surface area (Å²) in [6.07, 6.45) is 3.41. The van der Waals surface area contributed by atoms with Gasteiger partial charge in [-0.15, -0.1) is 0 Å². The van der Waals surface area contributed by atoms with Gasteiger partial charge in [-0.3, -0.25) is 4.79 Å². The summed E-state index contributed by atoms with van der Waals surface area (Å²) in [6, 6.07) is 12.0. The Morgan fingerprint density at radius 3 is 2.79 bits per heavy atom. The van der Waals surface area contributed by atoms with E-state index in [0.29, 0.717) is 12.5 Å². The Labute approximate surface area is 176 Å². The van der Waals surface area contributed by atoms with E-state index < -0.39 is 0 Å². The molecule has 8 heteroatoms. The molecule has 1 aromatic heterocycles. The van der Waals surface area contributed by atoms with Crippen LogP contribution in [0.5, 0.6) is 0 Å². The van der Waals surface area contributed by atoms with Crippen molar-refractivity contribution in [3.63, 3.8) is 0 Å². The number of nitrogens with one attached hydrogen (secondary N) is 2. The first-order chi connectivity index (χ1) is 14.0. The zero-order chi connectivity index (χ0) is 20.6. The number of hydrogen-bond acceptors (Lipinski definition) is 4. The van der Waals surface area contributed by atoms with Gasteiger partial charge in [0.25, 0.3) is 0 Å². The molecule has 156 valence electrons. The summed E-state index contributed by atoms with van der Waals surface area (Å²) >= 11 is 5.99. The van der Waals surface area contributed by atoms with Crippen LogP contribution in [0.1, 0.15) is 12.2 Å². The average Bonchev–Trinajstić information content (AvgIpc) is 3.38. The van der Waals surface area contributed by atoms with Crippen molar-refractivity contribution in [1.82, 2.24) is 15.5 Å². The van der Waals surface area contributed by atoms with Gasteiger partial charge in [0.1, 0.15) is 12.3 Å². The van der Waals surface area contributed by atoms with Gasteiger partial charge < -0.3 is 24.9 Å². The summed E-state index contributed by atoms with van der Waals surface area (Å²) < 4.78 is 5.37. The quantitative estimate of drug-likeness (QED) is 0.534. The Morgan fingerprint density at radius 1 is 1.31 bits per heavy atom. The Morgan fingerprint density at radius 2 is 2.10 bits per heavy atom. The monoisotopic (exact) mass is 417 g/mol. The van der Waals surface area contributed by atoms with Crippen LogP contribution < -0.4 is 15.5 Å². The Balaban J connectivity index is 1.57. The smallest absolute Gasteiger partial charge is 0.243 e. The van der Waals surface area contributed by atoms with Gasteiger partial charge in [-0.1, -0.05) is 11.6 Å². The predicted molar refractivity (Wildman–Crippen MR) is 117 cm³/mol. The van der Waals surface area contributed by atoms with Crippen molar-refractivity contribution in [2.75, 3.05) is 45.2 Å². The van der Waals surface area contributed by atoms with E-state index in [2.05, 4.69) is 20.5 Å². The maximum atomic E-state index is 11.9. The number of hydrogen-bond donors (Lipinski definition) is 2. The number of rotatable bonds is 7. The maximum absolute atomic E-state index is 11.9. The average molecular weight is 418 g/mol. The summed E-state index contributed by atoms with van der Waals surface area (Å²) in [7, 11) is 3.46. The summed E-state index contributed by atoms with van der Waals surface area (Å²) in [5, 5.41) is 7.52. The number of anilines is 1. The van der Waals surface area contributed by atoms with Crippen LogP contribution in [-0.2, 0) is 11.2 Å². The topological polar surface area (TPSA) is 73.1 Å². The van der Waals surface area contributed by atoms with Crippen molar-refractivity contribution < 1.29 is 9.21 Å². The van der Waals surface area contributed by atoms with Crippen molar-refractivity contribution in [1.29, 1.82) is 0 Å². The van der Waals surface area contributed by atoms with E-state index in [1.807, 2.05) is 36.4 Å². The summed E-state index contributed by atoms with van der Waals surface area (Å²) in [5.74, 6) is 1.53. The fourth-order valence-corrected chi connectivity index (χ4v) is 3.28. The number of amides is 1. The first kappa shape index (κ1) is 21.0. The molecule has 3 rings (SSSR count). The number of guanidine groups is 1. The molecule has 1 aliphatic heterocycles. The van der Waals surface area contributed by atoms with Gasteiger partial charge in [-0.05, 0) is 42.8 Å². The third-order valence-electron chi connectivity index (χ3n) is 4.84. The molecular formula is C21H28ClN5O2. The van der Waals surface area contributed by atoms with E-state index in [-0.39, 0.29) is 18.5 Å². The van der Waals surface area contributed by atoms with E-state index in [1.54, 1.807) is 25.3 Å². The fraction of sp³-hybridized carbons (Fsp3) is 0.429. The van der Waals surface area contributed by atoms with Crippen LogP contribution in [0.2, 0.25) is 5.02 Å². The van der Waals surface area contributed by atoms with Crippen molar-refractivity contribution in [2.45, 2.75) is 18.9 Å². The van der Waals surface area contributed by atoms with E-state index in [1.165, 1.54) is 0 Å². The molecule has 2 aromatic rings. The molecule has 2 N–H and O–H groups in total. The van der Waals surface area contributed by atoms with Crippen molar-refractivity contribution in [2.24, 2.45) is 4.99 Å². The second kappa shape index (κ2) is 10.2. The number of carbonyl (C=O) groups is 1. The molecule has 0 saturated carbocycles. The zero-order valence-electron chi connectivity index (χ0n) is 16.9. The Kier molecular flexibility index (Phi) is 7.41. The largest absolute Gasteiger partial charge is 0.469 e. The van der Waals surface area contributed by atoms with E-state index >= 15 is 0 Å². The maximum Gasteiger partial charge on any atom is 0.243 e. The summed E-state index contributed by atoms with van der Waals surface area (Å²) in [4.78, 5) is 20.3. The molecule has 0 spiro atoms. The first-order valence-corrected chi connectivity index (χ1v) is 10.2. The highest BCUT2D eigenvalue weighted by Crippen LogP contribution is 2.22. The van der Waals surface area contributed by atoms with E-state index in [0.717, 1.165) is 42.4 Å². The van der Waals surface area contributed by atoms with Crippen LogP contribution in [0.4, 0.5) is 5.69 Å². The molecule has 1 unspecified atom stereocenters. The fourth-order valence-electron chi connectivity index (χ4n) is 3.16. The molecule has 0 radical (unpaired) electrons. The predicted octanol–water partition coefficient (Wildman–Crippen LogP) is 2.38. The highest BCUT2D eigenvalue weighted by molar-refractivity contribution is 6.30. The Bertz CT molecular complexity index is 805. The number of halogens is 1. The standard InChI is InChI=1S/C21H28ClN5O2/c1-26(2)20(28)14-24-21(23-11-9-19-4-3-13-29-19)25-17-10-12-27(15-17)18-7-5-16(22)6-8-18/h3-8,13,17H,9-12,14-15H2,1-2H3,(H2,23,24,25). The molecule has 2 heterocycles. The third kappa shape index (κ3) is 6.42. The van der Waals surface area contributed by atoms with Gasteiger partial charge >= 0.3 is 0 Å². The lowest BCUT2D eigenvalue weighted by Crippen LogP contribution is -2.45. The molecule has 29 heavy (non-hydrogen) atoms. The second-order valence-corrected chi connectivity index (χ2v) is 7.70. The minimum atomic E-state index is -0.0358. The lowest BCUT2D eigenvalue weighted by Gasteiger charge is -2.21. The van der Waals surface area contributed by atoms with Crippen LogP contribution in [0, 0.1) is 0 Å². The van der Waals surface area contributed by atoms with Crippen molar-refractivity contribution in [3.05, 3.63) is 53.4 Å². The minimum Gasteiger partial charge on any atom is -0.469 e. The number of benzene rings is 1. The van der Waals surface area contributed by atoms with Crippen molar-refractivity contribution >= 4 is 29.2 Å². The molecular weight excluding hydrogens is 390 g/mol. The lowest BCUT2D eigenvalue weighted by molar-refractivity contribution is -0.127. The van der Waals surface area contributed by atoms with E-state index in [4.69, 9.17) is 16.0 Å². The van der Waals surface area contributed by atoms with Gasteiger partial charge in [-0.25, -0.2) is 4.99 Å². The summed E-state index contributed by atoms with van der Waals surface area (Å²) in [6.45, 7) is 2.59. The van der Waals surface area contributed by atoms with Gasteiger partial charge in [0.2, 0.25) is 5.91 Å². The van der Waals surface area contributed by atoms with Crippen LogP contribution in [0.3, 0.4) is 0 Å². The van der Waals surface area contributed by atoms with Gasteiger partial charge in [0.05, 0.1) is 6.26 Å². The summed E-state index contributed by atoms with van der Waals surface area (Å²) in [5.41, 5.74) is 1.16. The molecule has 1 saturated heterocycles. The van der Waals surface area contributed by atoms with Gasteiger partial charge in [0.15, 0.2) is 5.96 Å². The molecule has 1 aromatic carbocycles. The number of furan rings is 1. The second-order valence-electron chi connectivity index (χ2n) is 7.26. The molecule has 7 nitrogen and oxygen atoms in total. The highest BCUT2D eigenvalue weighted by Gasteiger charge is 2.23. The van der Waals surface area contributed by atoms with Crippen LogP contribution >= 0.6 is 11.6 Å². The lowest BCUT2D eigenvalue weighted by atomic mass is 10.2. The van der Waals surface area contributed by atoms with Crippen molar-refractivity contribution in [3.8, 4) is 0 Å².